The number of carbonyl (C=O) groups excluding carboxylic acids is 1. The molecule has 0 N–H and O–H groups in total. The van der Waals surface area contributed by atoms with Crippen molar-refractivity contribution in [2.75, 3.05) is 18.1 Å². The number of para-hydroxylation sites is 1. The number of sulfone groups is 1. The van der Waals surface area contributed by atoms with Gasteiger partial charge in [-0.1, -0.05) is 77.3 Å². The van der Waals surface area contributed by atoms with Gasteiger partial charge in [-0.05, 0) is 41.8 Å². The Bertz CT molecular complexity index is 1300. The van der Waals surface area contributed by atoms with E-state index < -0.39 is 15.9 Å². The highest BCUT2D eigenvalue weighted by Gasteiger charge is 2.34. The maximum atomic E-state index is 13.1. The minimum atomic E-state index is -3.17. The molecule has 1 aliphatic heterocycles. The molecule has 1 amide bonds. The van der Waals surface area contributed by atoms with Crippen molar-refractivity contribution in [1.29, 1.82) is 0 Å². The van der Waals surface area contributed by atoms with Gasteiger partial charge in [-0.25, -0.2) is 8.42 Å². The maximum Gasteiger partial charge on any atom is 0.261 e. The minimum Gasteiger partial charge on any atom is -0.482 e. The Hall–Kier alpha value is -2.25. The normalized spacial score (nSPS) is 16.9. The van der Waals surface area contributed by atoms with Gasteiger partial charge < -0.3 is 9.64 Å². The average Bonchev–Trinajstić information content (AvgIpc) is 3.16. The summed E-state index contributed by atoms with van der Waals surface area (Å²) >= 11 is 18.4. The van der Waals surface area contributed by atoms with Gasteiger partial charge in [0.2, 0.25) is 0 Å². The van der Waals surface area contributed by atoms with Crippen LogP contribution < -0.4 is 4.74 Å². The number of hydrogen-bond acceptors (Lipinski definition) is 4. The number of amides is 1. The summed E-state index contributed by atoms with van der Waals surface area (Å²) in [4.78, 5) is 14.7. The molecule has 0 bridgehead atoms. The van der Waals surface area contributed by atoms with E-state index in [4.69, 9.17) is 39.5 Å². The highest BCUT2D eigenvalue weighted by atomic mass is 35.5. The van der Waals surface area contributed by atoms with Crippen LogP contribution in [-0.4, -0.2) is 43.4 Å². The van der Waals surface area contributed by atoms with E-state index in [0.29, 0.717) is 27.2 Å². The van der Waals surface area contributed by atoms with E-state index in [1.54, 1.807) is 41.3 Å². The third kappa shape index (κ3) is 6.05. The fourth-order valence-electron chi connectivity index (χ4n) is 3.94. The zero-order chi connectivity index (χ0) is 24.3. The summed E-state index contributed by atoms with van der Waals surface area (Å²) in [5.41, 5.74) is 2.62. The van der Waals surface area contributed by atoms with Crippen LogP contribution in [0.15, 0.2) is 66.7 Å². The van der Waals surface area contributed by atoms with Crippen LogP contribution in [0.25, 0.3) is 11.1 Å². The van der Waals surface area contributed by atoms with Crippen LogP contribution in [0.5, 0.6) is 5.75 Å². The lowest BCUT2D eigenvalue weighted by molar-refractivity contribution is -0.136. The highest BCUT2D eigenvalue weighted by Crippen LogP contribution is 2.31. The number of ether oxygens (including phenoxy) is 1. The van der Waals surface area contributed by atoms with Gasteiger partial charge in [0, 0.05) is 28.2 Å². The minimum absolute atomic E-state index is 0.0523. The van der Waals surface area contributed by atoms with E-state index in [0.717, 1.165) is 16.7 Å². The van der Waals surface area contributed by atoms with Crippen molar-refractivity contribution in [2.24, 2.45) is 0 Å². The second-order valence-corrected chi connectivity index (χ2v) is 11.6. The molecule has 4 rings (SSSR count). The fourth-order valence-corrected chi connectivity index (χ4v) is 6.37. The van der Waals surface area contributed by atoms with Crippen molar-refractivity contribution in [3.05, 3.63) is 87.4 Å². The zero-order valence-electron chi connectivity index (χ0n) is 18.1. The Kier molecular flexibility index (Phi) is 7.73. The molecule has 1 heterocycles. The van der Waals surface area contributed by atoms with E-state index in [1.165, 1.54) is 0 Å². The van der Waals surface area contributed by atoms with Gasteiger partial charge in [0.25, 0.3) is 5.91 Å². The number of nitrogens with zero attached hydrogens (tertiary/aromatic N) is 1. The quantitative estimate of drug-likeness (QED) is 0.375. The summed E-state index contributed by atoms with van der Waals surface area (Å²) in [5.74, 6) is 0.122. The lowest BCUT2D eigenvalue weighted by atomic mass is 10.0. The third-order valence-electron chi connectivity index (χ3n) is 5.71. The Labute approximate surface area is 214 Å². The molecule has 178 valence electrons. The molecule has 0 aromatic heterocycles. The fraction of sp³-hybridized carbons (Fsp3) is 0.240. The van der Waals surface area contributed by atoms with Crippen LogP contribution in [0.1, 0.15) is 12.0 Å². The molecule has 0 spiro atoms. The molecule has 34 heavy (non-hydrogen) atoms. The monoisotopic (exact) mass is 537 g/mol. The zero-order valence-corrected chi connectivity index (χ0v) is 21.2. The van der Waals surface area contributed by atoms with Gasteiger partial charge >= 0.3 is 0 Å². The van der Waals surface area contributed by atoms with Crippen molar-refractivity contribution in [3.63, 3.8) is 0 Å². The summed E-state index contributed by atoms with van der Waals surface area (Å²) in [7, 11) is -3.17. The Balaban J connectivity index is 1.52. The second kappa shape index (κ2) is 10.6. The van der Waals surface area contributed by atoms with E-state index >= 15 is 0 Å². The van der Waals surface area contributed by atoms with Crippen LogP contribution >= 0.6 is 34.8 Å². The van der Waals surface area contributed by atoms with Crippen LogP contribution in [0.4, 0.5) is 0 Å². The first kappa shape index (κ1) is 24.9. The average molecular weight is 539 g/mol. The number of rotatable bonds is 7. The first-order chi connectivity index (χ1) is 16.2. The molecule has 5 nitrogen and oxygen atoms in total. The maximum absolute atomic E-state index is 13.1. The standard InChI is InChI=1S/C25H22Cl3NO4S/c26-19-9-10-21(23(28)13-19)18-7-5-17(6-8-18)14-29(20-11-12-34(31,32)16-20)25(30)15-33-24-4-2-1-3-22(24)27/h1-10,13,20H,11-12,14-16H2. The van der Waals surface area contributed by atoms with Crippen LogP contribution in [0, 0.1) is 0 Å². The number of benzene rings is 3. The van der Waals surface area contributed by atoms with E-state index in [1.807, 2.05) is 30.3 Å². The van der Waals surface area contributed by atoms with Crippen molar-refractivity contribution in [1.82, 2.24) is 4.90 Å². The first-order valence-corrected chi connectivity index (χ1v) is 13.6. The van der Waals surface area contributed by atoms with Gasteiger partial charge in [0.15, 0.2) is 16.4 Å². The number of hydrogen-bond donors (Lipinski definition) is 0. The van der Waals surface area contributed by atoms with Crippen molar-refractivity contribution >= 4 is 50.5 Å². The Morgan fingerprint density at radius 1 is 0.971 bits per heavy atom. The van der Waals surface area contributed by atoms with Gasteiger partial charge in [-0.3, -0.25) is 4.79 Å². The third-order valence-corrected chi connectivity index (χ3v) is 8.32. The molecule has 0 radical (unpaired) electrons. The van der Waals surface area contributed by atoms with Crippen molar-refractivity contribution in [3.8, 4) is 16.9 Å². The van der Waals surface area contributed by atoms with Crippen molar-refractivity contribution < 1.29 is 17.9 Å². The Morgan fingerprint density at radius 2 is 1.71 bits per heavy atom. The lowest BCUT2D eigenvalue weighted by Gasteiger charge is -2.28. The van der Waals surface area contributed by atoms with Gasteiger partial charge in [0.1, 0.15) is 5.75 Å². The molecule has 1 atom stereocenters. The molecule has 3 aromatic carbocycles. The number of halogens is 3. The Morgan fingerprint density at radius 3 is 2.35 bits per heavy atom. The van der Waals surface area contributed by atoms with Crippen molar-refractivity contribution in [2.45, 2.75) is 19.0 Å². The molecule has 1 unspecified atom stereocenters. The van der Waals surface area contributed by atoms with E-state index in [2.05, 4.69) is 0 Å². The molecule has 1 saturated heterocycles. The summed E-state index contributed by atoms with van der Waals surface area (Å²) < 4.78 is 29.8. The summed E-state index contributed by atoms with van der Waals surface area (Å²) in [5, 5.41) is 1.51. The number of carbonyl (C=O) groups is 1. The largest absolute Gasteiger partial charge is 0.482 e. The molecule has 0 saturated carbocycles. The van der Waals surface area contributed by atoms with Crippen LogP contribution in [0.2, 0.25) is 15.1 Å². The molecular weight excluding hydrogens is 517 g/mol. The second-order valence-electron chi connectivity index (χ2n) is 8.12. The predicted molar refractivity (Wildman–Crippen MR) is 136 cm³/mol. The van der Waals surface area contributed by atoms with Gasteiger partial charge in [0.05, 0.1) is 16.5 Å². The topological polar surface area (TPSA) is 63.7 Å². The lowest BCUT2D eigenvalue weighted by Crippen LogP contribution is -2.43. The van der Waals surface area contributed by atoms with Crippen LogP contribution in [-0.2, 0) is 21.2 Å². The van der Waals surface area contributed by atoms with E-state index in [9.17, 15) is 13.2 Å². The molecule has 1 fully saturated rings. The first-order valence-electron chi connectivity index (χ1n) is 10.6. The summed E-state index contributed by atoms with van der Waals surface area (Å²) in [6, 6.07) is 19.4. The van der Waals surface area contributed by atoms with Gasteiger partial charge in [-0.2, -0.15) is 0 Å². The van der Waals surface area contributed by atoms with E-state index in [-0.39, 0.29) is 30.6 Å². The highest BCUT2D eigenvalue weighted by molar-refractivity contribution is 7.91. The summed E-state index contributed by atoms with van der Waals surface area (Å²) in [6.07, 6.45) is 0.401. The van der Waals surface area contributed by atoms with Gasteiger partial charge in [-0.15, -0.1) is 0 Å². The molecule has 0 aliphatic carbocycles. The smallest absolute Gasteiger partial charge is 0.261 e. The molecular formula is C25H22Cl3NO4S. The molecule has 9 heteroatoms. The predicted octanol–water partition coefficient (Wildman–Crippen LogP) is 5.91. The molecule has 3 aromatic rings. The van der Waals surface area contributed by atoms with Crippen LogP contribution in [0.3, 0.4) is 0 Å². The SMILES string of the molecule is O=C(COc1ccccc1Cl)N(Cc1ccc(-c2ccc(Cl)cc2Cl)cc1)C1CCS(=O)(=O)C1. The summed E-state index contributed by atoms with van der Waals surface area (Å²) in [6.45, 7) is 0.0261. The molecule has 1 aliphatic rings.